The zero-order valence-corrected chi connectivity index (χ0v) is 10.1. The Balaban J connectivity index is 1.91. The van der Waals surface area contributed by atoms with Gasteiger partial charge in [0.1, 0.15) is 5.41 Å². The SMILES string of the molecule is N#CC1(C(=O)N2CCCN(CCO)CC2)CC1. The molecule has 0 atom stereocenters. The summed E-state index contributed by atoms with van der Waals surface area (Å²) in [6, 6.07) is 2.16. The Kier molecular flexibility index (Phi) is 3.65. The van der Waals surface area contributed by atoms with Crippen molar-refractivity contribution in [3.05, 3.63) is 0 Å². The van der Waals surface area contributed by atoms with Crippen LogP contribution in [0.1, 0.15) is 19.3 Å². The molecule has 0 aromatic rings. The van der Waals surface area contributed by atoms with E-state index in [0.717, 1.165) is 38.9 Å². The number of rotatable bonds is 3. The van der Waals surface area contributed by atoms with Crippen molar-refractivity contribution in [1.29, 1.82) is 5.26 Å². The second-order valence-electron chi connectivity index (χ2n) is 4.90. The van der Waals surface area contributed by atoms with Gasteiger partial charge in [0.15, 0.2) is 0 Å². The van der Waals surface area contributed by atoms with E-state index in [-0.39, 0.29) is 12.5 Å². The predicted octanol–water partition coefficient (Wildman–Crippen LogP) is -0.183. The van der Waals surface area contributed by atoms with Crippen molar-refractivity contribution in [2.24, 2.45) is 5.41 Å². The van der Waals surface area contributed by atoms with E-state index >= 15 is 0 Å². The lowest BCUT2D eigenvalue weighted by Gasteiger charge is -2.23. The van der Waals surface area contributed by atoms with Crippen LogP contribution < -0.4 is 0 Å². The standard InChI is InChI=1S/C12H19N3O2/c13-10-12(2-3-12)11(17)15-5-1-4-14(6-7-15)8-9-16/h16H,1-9H2. The Morgan fingerprint density at radius 1 is 1.29 bits per heavy atom. The number of aliphatic hydroxyl groups excluding tert-OH is 1. The molecule has 2 fully saturated rings. The molecule has 0 radical (unpaired) electrons. The largest absolute Gasteiger partial charge is 0.395 e. The van der Waals surface area contributed by atoms with E-state index in [1.165, 1.54) is 0 Å². The molecular weight excluding hydrogens is 218 g/mol. The fourth-order valence-electron chi connectivity index (χ4n) is 2.34. The Bertz CT molecular complexity index is 333. The van der Waals surface area contributed by atoms with Crippen LogP contribution in [0.3, 0.4) is 0 Å². The van der Waals surface area contributed by atoms with Gasteiger partial charge in [0.25, 0.3) is 0 Å². The van der Waals surface area contributed by atoms with E-state index < -0.39 is 5.41 Å². The maximum absolute atomic E-state index is 12.2. The van der Waals surface area contributed by atoms with Crippen LogP contribution >= 0.6 is 0 Å². The summed E-state index contributed by atoms with van der Waals surface area (Å²) in [5, 5.41) is 17.9. The highest BCUT2D eigenvalue weighted by Crippen LogP contribution is 2.46. The lowest BCUT2D eigenvalue weighted by Crippen LogP contribution is -2.39. The molecule has 2 aliphatic rings. The van der Waals surface area contributed by atoms with E-state index in [2.05, 4.69) is 11.0 Å². The Morgan fingerprint density at radius 3 is 2.65 bits per heavy atom. The molecule has 17 heavy (non-hydrogen) atoms. The summed E-state index contributed by atoms with van der Waals surface area (Å²) < 4.78 is 0. The topological polar surface area (TPSA) is 67.6 Å². The summed E-state index contributed by atoms with van der Waals surface area (Å²) in [5.74, 6) is 0.0193. The fraction of sp³-hybridized carbons (Fsp3) is 0.833. The Hall–Kier alpha value is -1.12. The van der Waals surface area contributed by atoms with Crippen LogP contribution in [0.25, 0.3) is 0 Å². The third kappa shape index (κ3) is 2.59. The third-order valence-corrected chi connectivity index (χ3v) is 3.67. The van der Waals surface area contributed by atoms with Crippen LogP contribution in [0.15, 0.2) is 0 Å². The Morgan fingerprint density at radius 2 is 2.06 bits per heavy atom. The van der Waals surface area contributed by atoms with Crippen LogP contribution in [-0.2, 0) is 4.79 Å². The first-order valence-corrected chi connectivity index (χ1v) is 6.26. The quantitative estimate of drug-likeness (QED) is 0.739. The molecule has 0 bridgehead atoms. The number of aliphatic hydroxyl groups is 1. The van der Waals surface area contributed by atoms with E-state index in [1.54, 1.807) is 0 Å². The molecule has 1 heterocycles. The summed E-state index contributed by atoms with van der Waals surface area (Å²) in [7, 11) is 0. The van der Waals surface area contributed by atoms with Gasteiger partial charge in [-0.2, -0.15) is 5.26 Å². The summed E-state index contributed by atoms with van der Waals surface area (Å²) in [6.45, 7) is 3.98. The van der Waals surface area contributed by atoms with E-state index in [0.29, 0.717) is 13.1 Å². The van der Waals surface area contributed by atoms with Gasteiger partial charge in [0.05, 0.1) is 12.7 Å². The molecule has 0 spiro atoms. The van der Waals surface area contributed by atoms with Gasteiger partial charge in [-0.25, -0.2) is 0 Å². The van der Waals surface area contributed by atoms with Gasteiger partial charge in [0.2, 0.25) is 5.91 Å². The molecule has 0 aromatic heterocycles. The molecule has 2 rings (SSSR count). The lowest BCUT2D eigenvalue weighted by atomic mass is 10.1. The monoisotopic (exact) mass is 237 g/mol. The minimum atomic E-state index is -0.688. The summed E-state index contributed by atoms with van der Waals surface area (Å²) in [4.78, 5) is 16.2. The molecule has 0 aromatic carbocycles. The average molecular weight is 237 g/mol. The first-order valence-electron chi connectivity index (χ1n) is 6.26. The van der Waals surface area contributed by atoms with Gasteiger partial charge in [-0.15, -0.1) is 0 Å². The van der Waals surface area contributed by atoms with Crippen molar-refractivity contribution < 1.29 is 9.90 Å². The smallest absolute Gasteiger partial charge is 0.243 e. The van der Waals surface area contributed by atoms with E-state index in [1.807, 2.05) is 4.90 Å². The first kappa shape index (κ1) is 12.3. The van der Waals surface area contributed by atoms with Crippen molar-refractivity contribution in [2.45, 2.75) is 19.3 Å². The number of β-amino-alcohol motifs (C(OH)–C–C–N with tert-alkyl or cyclic N) is 1. The molecule has 1 aliphatic heterocycles. The summed E-state index contributed by atoms with van der Waals surface area (Å²) >= 11 is 0. The number of amides is 1. The van der Waals surface area contributed by atoms with Gasteiger partial charge < -0.3 is 10.0 Å². The summed E-state index contributed by atoms with van der Waals surface area (Å²) in [5.41, 5.74) is -0.688. The molecule has 94 valence electrons. The fourth-order valence-corrected chi connectivity index (χ4v) is 2.34. The third-order valence-electron chi connectivity index (χ3n) is 3.67. The van der Waals surface area contributed by atoms with E-state index in [9.17, 15) is 4.79 Å². The first-order chi connectivity index (χ1) is 8.22. The van der Waals surface area contributed by atoms with Crippen LogP contribution in [0, 0.1) is 16.7 Å². The highest BCUT2D eigenvalue weighted by Gasteiger charge is 2.52. The van der Waals surface area contributed by atoms with Gasteiger partial charge in [-0.3, -0.25) is 9.69 Å². The minimum absolute atomic E-state index is 0.0193. The molecule has 0 unspecified atom stereocenters. The second-order valence-corrected chi connectivity index (χ2v) is 4.90. The van der Waals surface area contributed by atoms with Crippen LogP contribution in [0.2, 0.25) is 0 Å². The zero-order chi connectivity index (χ0) is 12.3. The van der Waals surface area contributed by atoms with Gasteiger partial charge in [-0.1, -0.05) is 0 Å². The number of carbonyl (C=O) groups is 1. The highest BCUT2D eigenvalue weighted by molar-refractivity contribution is 5.88. The number of nitrogens with zero attached hydrogens (tertiary/aromatic N) is 3. The van der Waals surface area contributed by atoms with Crippen LogP contribution in [0.5, 0.6) is 0 Å². The predicted molar refractivity (Wildman–Crippen MR) is 62.0 cm³/mol. The second kappa shape index (κ2) is 5.03. The van der Waals surface area contributed by atoms with Gasteiger partial charge >= 0.3 is 0 Å². The molecule has 5 heteroatoms. The molecular formula is C12H19N3O2. The maximum atomic E-state index is 12.2. The normalized spacial score (nSPS) is 23.9. The van der Waals surface area contributed by atoms with Crippen molar-refractivity contribution in [2.75, 3.05) is 39.3 Å². The molecule has 5 nitrogen and oxygen atoms in total. The molecule has 1 N–H and O–H groups in total. The Labute approximate surface area is 102 Å². The molecule has 1 amide bonds. The highest BCUT2D eigenvalue weighted by atomic mass is 16.3. The van der Waals surface area contributed by atoms with Gasteiger partial charge in [0, 0.05) is 26.2 Å². The van der Waals surface area contributed by atoms with Crippen LogP contribution in [-0.4, -0.2) is 60.1 Å². The minimum Gasteiger partial charge on any atom is -0.395 e. The summed E-state index contributed by atoms with van der Waals surface area (Å²) in [6.07, 6.45) is 2.37. The number of nitriles is 1. The molecule has 1 saturated heterocycles. The number of carbonyl (C=O) groups excluding carboxylic acids is 1. The van der Waals surface area contributed by atoms with Crippen molar-refractivity contribution in [3.8, 4) is 6.07 Å². The molecule has 1 aliphatic carbocycles. The molecule has 1 saturated carbocycles. The van der Waals surface area contributed by atoms with Crippen molar-refractivity contribution in [1.82, 2.24) is 9.80 Å². The zero-order valence-electron chi connectivity index (χ0n) is 10.1. The maximum Gasteiger partial charge on any atom is 0.243 e. The van der Waals surface area contributed by atoms with E-state index in [4.69, 9.17) is 10.4 Å². The number of hydrogen-bond donors (Lipinski definition) is 1. The van der Waals surface area contributed by atoms with Crippen molar-refractivity contribution in [3.63, 3.8) is 0 Å². The van der Waals surface area contributed by atoms with Crippen LogP contribution in [0.4, 0.5) is 0 Å². The van der Waals surface area contributed by atoms with Gasteiger partial charge in [-0.05, 0) is 25.8 Å². The van der Waals surface area contributed by atoms with Crippen molar-refractivity contribution >= 4 is 5.91 Å². The lowest BCUT2D eigenvalue weighted by molar-refractivity contribution is -0.134. The average Bonchev–Trinajstić information content (AvgIpc) is 3.14. The number of hydrogen-bond acceptors (Lipinski definition) is 4.